The van der Waals surface area contributed by atoms with Crippen LogP contribution in [-0.4, -0.2) is 29.0 Å². The zero-order valence-corrected chi connectivity index (χ0v) is 8.74. The normalized spacial score (nSPS) is 17.5. The molecule has 0 radical (unpaired) electrons. The van der Waals surface area contributed by atoms with E-state index in [4.69, 9.17) is 5.53 Å². The van der Waals surface area contributed by atoms with Gasteiger partial charge in [0.15, 0.2) is 0 Å². The van der Waals surface area contributed by atoms with Crippen LogP contribution in [0.15, 0.2) is 10.5 Å². The van der Waals surface area contributed by atoms with E-state index < -0.39 is 0 Å². The van der Waals surface area contributed by atoms with Gasteiger partial charge in [0.05, 0.1) is 16.7 Å². The lowest BCUT2D eigenvalue weighted by Crippen LogP contribution is -2.48. The van der Waals surface area contributed by atoms with Crippen LogP contribution in [0.1, 0.15) is 10.7 Å². The van der Waals surface area contributed by atoms with E-state index in [1.807, 2.05) is 6.92 Å². The fraction of sp³-hybridized carbons (Fsp3) is 0.625. The third-order valence-electron chi connectivity index (χ3n) is 2.21. The van der Waals surface area contributed by atoms with Gasteiger partial charge in [-0.05, 0) is 12.5 Å². The summed E-state index contributed by atoms with van der Waals surface area (Å²) < 4.78 is 0. The fourth-order valence-corrected chi connectivity index (χ4v) is 2.13. The second-order valence-corrected chi connectivity index (χ2v) is 4.47. The second-order valence-electron chi connectivity index (χ2n) is 3.41. The fourth-order valence-electron chi connectivity index (χ4n) is 1.53. The Hall–Kier alpha value is -1.10. The van der Waals surface area contributed by atoms with Crippen molar-refractivity contribution in [2.45, 2.75) is 19.5 Å². The summed E-state index contributed by atoms with van der Waals surface area (Å²) in [5.74, 6) is 0. The summed E-state index contributed by atoms with van der Waals surface area (Å²) in [6, 6.07) is 0.166. The molecule has 0 aliphatic carbocycles. The number of thiazole rings is 1. The van der Waals surface area contributed by atoms with E-state index in [0.29, 0.717) is 0 Å². The molecule has 2 rings (SSSR count). The number of hydrogen-bond donors (Lipinski definition) is 0. The van der Waals surface area contributed by atoms with Crippen molar-refractivity contribution in [3.05, 3.63) is 26.5 Å². The first-order chi connectivity index (χ1) is 6.78. The molecule has 0 aromatic carbocycles. The maximum Gasteiger partial charge on any atom is 0.0897 e. The molecule has 2 heterocycles. The first-order valence-corrected chi connectivity index (χ1v) is 5.33. The minimum Gasteiger partial charge on any atom is -0.297 e. The molecule has 1 fully saturated rings. The third kappa shape index (κ3) is 2.04. The maximum atomic E-state index is 8.21. The van der Waals surface area contributed by atoms with Gasteiger partial charge in [0.1, 0.15) is 0 Å². The summed E-state index contributed by atoms with van der Waals surface area (Å²) in [4.78, 5) is 9.39. The van der Waals surface area contributed by atoms with Gasteiger partial charge in [-0.3, -0.25) is 4.90 Å². The van der Waals surface area contributed by atoms with E-state index in [2.05, 4.69) is 25.3 Å². The van der Waals surface area contributed by atoms with Gasteiger partial charge in [-0.25, -0.2) is 4.98 Å². The van der Waals surface area contributed by atoms with Gasteiger partial charge < -0.3 is 0 Å². The van der Waals surface area contributed by atoms with Gasteiger partial charge in [0, 0.05) is 29.9 Å². The predicted octanol–water partition coefficient (Wildman–Crippen LogP) is 1.95. The molecular weight excluding hydrogens is 198 g/mol. The molecule has 14 heavy (non-hydrogen) atoms. The average molecular weight is 209 g/mol. The predicted molar refractivity (Wildman–Crippen MR) is 55.1 cm³/mol. The molecule has 74 valence electrons. The highest BCUT2D eigenvalue weighted by Crippen LogP contribution is 2.17. The number of hydrogen-bond acceptors (Lipinski definition) is 4. The van der Waals surface area contributed by atoms with Crippen LogP contribution in [0.3, 0.4) is 0 Å². The highest BCUT2D eigenvalue weighted by molar-refractivity contribution is 7.09. The topological polar surface area (TPSA) is 64.9 Å². The highest BCUT2D eigenvalue weighted by atomic mass is 32.1. The van der Waals surface area contributed by atoms with Gasteiger partial charge >= 0.3 is 0 Å². The molecule has 6 heteroatoms. The van der Waals surface area contributed by atoms with Crippen molar-refractivity contribution >= 4 is 11.3 Å². The first-order valence-electron chi connectivity index (χ1n) is 4.45. The van der Waals surface area contributed by atoms with E-state index in [1.165, 1.54) is 0 Å². The lowest BCUT2D eigenvalue weighted by Gasteiger charge is -2.35. The quantitative estimate of drug-likeness (QED) is 0.434. The minimum atomic E-state index is 0.166. The Morgan fingerprint density at radius 1 is 1.79 bits per heavy atom. The molecule has 0 bridgehead atoms. The van der Waals surface area contributed by atoms with Crippen molar-refractivity contribution < 1.29 is 0 Å². The van der Waals surface area contributed by atoms with E-state index in [1.54, 1.807) is 11.3 Å². The van der Waals surface area contributed by atoms with Crippen molar-refractivity contribution in [3.8, 4) is 0 Å². The molecule has 1 aliphatic heterocycles. The number of aromatic nitrogens is 1. The van der Waals surface area contributed by atoms with Crippen molar-refractivity contribution in [1.82, 2.24) is 9.88 Å². The van der Waals surface area contributed by atoms with Crippen LogP contribution < -0.4 is 0 Å². The standard InChI is InChI=1S/C8H11N5S/c1-6-10-8(5-14-6)4-13-2-7(3-13)11-12-9/h5,7H,2-4H2,1H3. The Morgan fingerprint density at radius 3 is 3.14 bits per heavy atom. The van der Waals surface area contributed by atoms with Crippen molar-refractivity contribution in [2.24, 2.45) is 5.11 Å². The summed E-state index contributed by atoms with van der Waals surface area (Å²) in [6.45, 7) is 4.61. The molecule has 5 nitrogen and oxygen atoms in total. The number of aryl methyl sites for hydroxylation is 1. The molecule has 0 N–H and O–H groups in total. The monoisotopic (exact) mass is 209 g/mol. The SMILES string of the molecule is Cc1nc(CN2CC(N=[N+]=[N-])C2)cs1. The van der Waals surface area contributed by atoms with Gasteiger partial charge in [0.25, 0.3) is 0 Å². The van der Waals surface area contributed by atoms with Gasteiger partial charge in [0.2, 0.25) is 0 Å². The second kappa shape index (κ2) is 3.96. The zero-order chi connectivity index (χ0) is 9.97. The zero-order valence-electron chi connectivity index (χ0n) is 7.92. The van der Waals surface area contributed by atoms with Gasteiger partial charge in [-0.2, -0.15) is 0 Å². The van der Waals surface area contributed by atoms with Crippen LogP contribution >= 0.6 is 11.3 Å². The summed E-state index contributed by atoms with van der Waals surface area (Å²) in [6.07, 6.45) is 0. The Kier molecular flexibility index (Phi) is 2.67. The number of azide groups is 1. The summed E-state index contributed by atoms with van der Waals surface area (Å²) in [5.41, 5.74) is 9.33. The summed E-state index contributed by atoms with van der Waals surface area (Å²) >= 11 is 1.67. The third-order valence-corrected chi connectivity index (χ3v) is 3.03. The van der Waals surface area contributed by atoms with E-state index in [0.717, 1.165) is 30.3 Å². The molecule has 1 aliphatic rings. The van der Waals surface area contributed by atoms with Crippen molar-refractivity contribution in [2.75, 3.05) is 13.1 Å². The highest BCUT2D eigenvalue weighted by Gasteiger charge is 2.25. The molecular formula is C8H11N5S. The summed E-state index contributed by atoms with van der Waals surface area (Å²) in [5, 5.41) is 6.83. The van der Waals surface area contributed by atoms with E-state index in [9.17, 15) is 0 Å². The molecule has 1 saturated heterocycles. The average Bonchev–Trinajstić information content (AvgIpc) is 2.48. The number of nitrogens with zero attached hydrogens (tertiary/aromatic N) is 5. The smallest absolute Gasteiger partial charge is 0.0897 e. The van der Waals surface area contributed by atoms with Gasteiger partial charge in [-0.15, -0.1) is 11.3 Å². The molecule has 0 spiro atoms. The maximum absolute atomic E-state index is 8.21. The number of rotatable bonds is 3. The number of likely N-dealkylation sites (tertiary alicyclic amines) is 1. The van der Waals surface area contributed by atoms with Crippen molar-refractivity contribution in [1.29, 1.82) is 0 Å². The Balaban J connectivity index is 1.82. The van der Waals surface area contributed by atoms with Crippen LogP contribution in [0.25, 0.3) is 10.4 Å². The molecule has 0 saturated carbocycles. The molecule has 1 aromatic heterocycles. The molecule has 0 atom stereocenters. The van der Waals surface area contributed by atoms with Crippen molar-refractivity contribution in [3.63, 3.8) is 0 Å². The van der Waals surface area contributed by atoms with Crippen LogP contribution in [0, 0.1) is 6.92 Å². The van der Waals surface area contributed by atoms with E-state index in [-0.39, 0.29) is 6.04 Å². The molecule has 0 unspecified atom stereocenters. The lowest BCUT2D eigenvalue weighted by molar-refractivity contribution is 0.141. The Labute approximate surface area is 86.0 Å². The Morgan fingerprint density at radius 2 is 2.57 bits per heavy atom. The van der Waals surface area contributed by atoms with Crippen LogP contribution in [-0.2, 0) is 6.54 Å². The summed E-state index contributed by atoms with van der Waals surface area (Å²) in [7, 11) is 0. The van der Waals surface area contributed by atoms with Crippen LogP contribution in [0.5, 0.6) is 0 Å². The van der Waals surface area contributed by atoms with Crippen LogP contribution in [0.2, 0.25) is 0 Å². The molecule has 0 amide bonds. The minimum absolute atomic E-state index is 0.166. The molecule has 1 aromatic rings. The Bertz CT molecular complexity index is 362. The van der Waals surface area contributed by atoms with Crippen LogP contribution in [0.4, 0.5) is 0 Å². The van der Waals surface area contributed by atoms with E-state index >= 15 is 0 Å². The lowest BCUT2D eigenvalue weighted by atomic mass is 10.1. The largest absolute Gasteiger partial charge is 0.297 e. The first kappa shape index (κ1) is 9.45. The van der Waals surface area contributed by atoms with Gasteiger partial charge in [-0.1, -0.05) is 5.11 Å².